The molecule has 4 nitrogen and oxygen atoms in total. The summed E-state index contributed by atoms with van der Waals surface area (Å²) in [5.41, 5.74) is 4.79. The van der Waals surface area contributed by atoms with Gasteiger partial charge in [-0.2, -0.15) is 0 Å². The molecule has 0 aliphatic rings. The second kappa shape index (κ2) is 5.50. The second-order valence-electron chi connectivity index (χ2n) is 3.14. The first-order valence-electron chi connectivity index (χ1n) is 4.55. The number of thiol groups is 1. The maximum absolute atomic E-state index is 13.2. The number of nitrogens with one attached hydrogen (secondary N) is 1. The van der Waals surface area contributed by atoms with Gasteiger partial charge in [0.15, 0.2) is 0 Å². The topological polar surface area (TPSA) is 72.2 Å². The van der Waals surface area contributed by atoms with Gasteiger partial charge in [-0.15, -0.1) is 12.6 Å². The highest BCUT2D eigenvalue weighted by Gasteiger charge is 2.11. The van der Waals surface area contributed by atoms with Gasteiger partial charge in [0.25, 0.3) is 5.91 Å². The van der Waals surface area contributed by atoms with Crippen LogP contribution in [0.4, 0.5) is 4.39 Å². The van der Waals surface area contributed by atoms with Crippen molar-refractivity contribution in [2.75, 3.05) is 6.54 Å². The third-order valence-corrected chi connectivity index (χ3v) is 2.13. The number of hydrogen-bond donors (Lipinski definition) is 3. The molecular formula is C10H11FN2O2S. The molecule has 2 amide bonds. The smallest absolute Gasteiger partial charge is 0.254 e. The van der Waals surface area contributed by atoms with Crippen LogP contribution in [-0.2, 0) is 4.79 Å². The van der Waals surface area contributed by atoms with Crippen LogP contribution in [-0.4, -0.2) is 18.4 Å². The van der Waals surface area contributed by atoms with E-state index < -0.39 is 17.6 Å². The zero-order valence-electron chi connectivity index (χ0n) is 8.37. The van der Waals surface area contributed by atoms with E-state index in [1.807, 2.05) is 0 Å². The maximum Gasteiger partial charge on any atom is 0.254 e. The fraction of sp³-hybridized carbons (Fsp3) is 0.200. The molecule has 0 spiro atoms. The summed E-state index contributed by atoms with van der Waals surface area (Å²) in [6, 6.07) is 3.92. The first-order chi connectivity index (χ1) is 7.50. The second-order valence-corrected chi connectivity index (χ2v) is 3.65. The molecule has 16 heavy (non-hydrogen) atoms. The molecule has 0 saturated heterocycles. The standard InChI is InChI=1S/C10H11FN2O2S/c11-8-2-1-6(16)5-7(8)10(15)13-4-3-9(12)14/h1-2,5,16H,3-4H2,(H2,12,14)(H,13,15). The Morgan fingerprint density at radius 2 is 2.12 bits per heavy atom. The molecule has 0 fully saturated rings. The van der Waals surface area contributed by atoms with Crippen LogP contribution < -0.4 is 11.1 Å². The molecular weight excluding hydrogens is 231 g/mol. The van der Waals surface area contributed by atoms with Gasteiger partial charge in [0.05, 0.1) is 5.56 Å². The van der Waals surface area contributed by atoms with Crippen molar-refractivity contribution < 1.29 is 14.0 Å². The summed E-state index contributed by atoms with van der Waals surface area (Å²) in [5, 5.41) is 2.38. The fourth-order valence-corrected chi connectivity index (χ4v) is 1.29. The van der Waals surface area contributed by atoms with E-state index in [-0.39, 0.29) is 18.5 Å². The Morgan fingerprint density at radius 3 is 2.75 bits per heavy atom. The largest absolute Gasteiger partial charge is 0.370 e. The molecule has 0 saturated carbocycles. The number of carbonyl (C=O) groups excluding carboxylic acids is 2. The van der Waals surface area contributed by atoms with Crippen LogP contribution in [0.1, 0.15) is 16.8 Å². The number of halogens is 1. The molecule has 0 radical (unpaired) electrons. The quantitative estimate of drug-likeness (QED) is 0.681. The molecule has 0 aromatic heterocycles. The minimum absolute atomic E-state index is 0.0218. The molecule has 0 bridgehead atoms. The van der Waals surface area contributed by atoms with Crippen molar-refractivity contribution in [2.45, 2.75) is 11.3 Å². The highest BCUT2D eigenvalue weighted by molar-refractivity contribution is 7.80. The van der Waals surface area contributed by atoms with Gasteiger partial charge >= 0.3 is 0 Å². The van der Waals surface area contributed by atoms with Crippen molar-refractivity contribution in [3.8, 4) is 0 Å². The Bertz CT molecular complexity index is 423. The third kappa shape index (κ3) is 3.54. The number of carbonyl (C=O) groups is 2. The molecule has 0 aliphatic heterocycles. The number of rotatable bonds is 4. The number of benzene rings is 1. The first-order valence-corrected chi connectivity index (χ1v) is 5.00. The number of nitrogens with two attached hydrogens (primary N) is 1. The van der Waals surface area contributed by atoms with E-state index in [2.05, 4.69) is 17.9 Å². The van der Waals surface area contributed by atoms with Crippen molar-refractivity contribution in [1.29, 1.82) is 0 Å². The SMILES string of the molecule is NC(=O)CCNC(=O)c1cc(S)ccc1F. The lowest BCUT2D eigenvalue weighted by Crippen LogP contribution is -2.28. The molecule has 6 heteroatoms. The van der Waals surface area contributed by atoms with E-state index in [4.69, 9.17) is 5.73 Å². The summed E-state index contributed by atoms with van der Waals surface area (Å²) >= 11 is 4.00. The summed E-state index contributed by atoms with van der Waals surface area (Å²) in [5.74, 6) is -1.74. The Labute approximate surface area is 97.4 Å². The summed E-state index contributed by atoms with van der Waals surface area (Å²) < 4.78 is 13.2. The lowest BCUT2D eigenvalue weighted by molar-refractivity contribution is -0.117. The fourth-order valence-electron chi connectivity index (χ4n) is 1.08. The van der Waals surface area contributed by atoms with Gasteiger partial charge in [-0.05, 0) is 18.2 Å². The minimum atomic E-state index is -0.630. The van der Waals surface area contributed by atoms with Crippen LogP contribution in [0, 0.1) is 5.82 Å². The Morgan fingerprint density at radius 1 is 1.44 bits per heavy atom. The number of amides is 2. The van der Waals surface area contributed by atoms with Gasteiger partial charge in [-0.3, -0.25) is 9.59 Å². The van der Waals surface area contributed by atoms with E-state index in [0.717, 1.165) is 6.07 Å². The van der Waals surface area contributed by atoms with Crippen LogP contribution in [0.25, 0.3) is 0 Å². The third-order valence-electron chi connectivity index (χ3n) is 1.85. The van der Waals surface area contributed by atoms with E-state index in [1.54, 1.807) is 0 Å². The monoisotopic (exact) mass is 242 g/mol. The zero-order chi connectivity index (χ0) is 12.1. The molecule has 1 aromatic rings. The highest BCUT2D eigenvalue weighted by atomic mass is 32.1. The van der Waals surface area contributed by atoms with Crippen LogP contribution in [0.3, 0.4) is 0 Å². The molecule has 3 N–H and O–H groups in total. The normalized spacial score (nSPS) is 9.88. The van der Waals surface area contributed by atoms with Crippen molar-refractivity contribution in [1.82, 2.24) is 5.32 Å². The van der Waals surface area contributed by atoms with Crippen LogP contribution in [0.5, 0.6) is 0 Å². The molecule has 0 heterocycles. The Balaban J connectivity index is 2.65. The number of primary amides is 1. The van der Waals surface area contributed by atoms with Crippen LogP contribution in [0.2, 0.25) is 0 Å². The summed E-state index contributed by atoms with van der Waals surface area (Å²) in [6.45, 7) is 0.0877. The van der Waals surface area contributed by atoms with E-state index in [1.165, 1.54) is 12.1 Å². The van der Waals surface area contributed by atoms with Gasteiger partial charge in [-0.1, -0.05) is 0 Å². The zero-order valence-corrected chi connectivity index (χ0v) is 9.26. The van der Waals surface area contributed by atoms with Gasteiger partial charge in [0.2, 0.25) is 5.91 Å². The highest BCUT2D eigenvalue weighted by Crippen LogP contribution is 2.13. The molecule has 86 valence electrons. The van der Waals surface area contributed by atoms with Gasteiger partial charge in [0, 0.05) is 17.9 Å². The molecule has 1 aromatic carbocycles. The Kier molecular flexibility index (Phi) is 4.30. The number of hydrogen-bond acceptors (Lipinski definition) is 3. The van der Waals surface area contributed by atoms with Crippen molar-refractivity contribution in [3.05, 3.63) is 29.6 Å². The average Bonchev–Trinajstić information content (AvgIpc) is 2.21. The minimum Gasteiger partial charge on any atom is -0.370 e. The van der Waals surface area contributed by atoms with Crippen molar-refractivity contribution in [2.24, 2.45) is 5.73 Å². The van der Waals surface area contributed by atoms with Crippen LogP contribution in [0.15, 0.2) is 23.1 Å². The molecule has 0 aliphatic carbocycles. The van der Waals surface area contributed by atoms with E-state index >= 15 is 0 Å². The lowest BCUT2D eigenvalue weighted by Gasteiger charge is -2.05. The summed E-state index contributed by atoms with van der Waals surface area (Å²) in [4.78, 5) is 22.4. The van der Waals surface area contributed by atoms with E-state index in [9.17, 15) is 14.0 Å². The lowest BCUT2D eigenvalue weighted by atomic mass is 10.2. The molecule has 0 unspecified atom stereocenters. The molecule has 1 rings (SSSR count). The molecule has 0 atom stereocenters. The average molecular weight is 242 g/mol. The predicted molar refractivity (Wildman–Crippen MR) is 59.8 cm³/mol. The summed E-state index contributed by atoms with van der Waals surface area (Å²) in [7, 11) is 0. The van der Waals surface area contributed by atoms with Crippen molar-refractivity contribution in [3.63, 3.8) is 0 Å². The van der Waals surface area contributed by atoms with Crippen LogP contribution >= 0.6 is 12.6 Å². The van der Waals surface area contributed by atoms with Gasteiger partial charge in [-0.25, -0.2) is 4.39 Å². The first kappa shape index (κ1) is 12.5. The summed E-state index contributed by atoms with van der Waals surface area (Å²) in [6.07, 6.45) is 0.0218. The van der Waals surface area contributed by atoms with E-state index in [0.29, 0.717) is 4.90 Å². The van der Waals surface area contributed by atoms with Gasteiger partial charge in [0.1, 0.15) is 5.82 Å². The predicted octanol–water partition coefficient (Wildman–Crippen LogP) is 0.720. The van der Waals surface area contributed by atoms with Crippen molar-refractivity contribution >= 4 is 24.4 Å². The maximum atomic E-state index is 13.2. The van der Waals surface area contributed by atoms with Gasteiger partial charge < -0.3 is 11.1 Å². The Hall–Kier alpha value is -1.56.